The zero-order valence-corrected chi connectivity index (χ0v) is 19.9. The summed E-state index contributed by atoms with van der Waals surface area (Å²) in [4.78, 5) is 59.4. The lowest BCUT2D eigenvalue weighted by Gasteiger charge is -2.55. The van der Waals surface area contributed by atoms with Gasteiger partial charge in [-0.25, -0.2) is 0 Å². The normalized spacial score (nSPS) is 28.6. The summed E-state index contributed by atoms with van der Waals surface area (Å²) >= 11 is 0. The standard InChI is InChI=1S/C24H38N4O6/c1-14(22(33)28-18(21(25)32)5-6-20(30)31)27-19(29)4-2-3-7-26-23(34)24-11-15-8-16(12-24)10-17(9-15)13-24/h14-18H,2-13H2,1H3,(H2,25,32)(H,26,34)(H,27,29)(H,28,33)(H,30,31)/t14-,15?,16?,17?,18+,24?/m0/s1. The second-order valence-electron chi connectivity index (χ2n) is 10.6. The van der Waals surface area contributed by atoms with Crippen LogP contribution in [0.4, 0.5) is 0 Å². The summed E-state index contributed by atoms with van der Waals surface area (Å²) in [7, 11) is 0. The van der Waals surface area contributed by atoms with E-state index in [1.807, 2.05) is 0 Å². The zero-order chi connectivity index (χ0) is 24.9. The molecule has 0 aromatic carbocycles. The summed E-state index contributed by atoms with van der Waals surface area (Å²) in [6, 6.07) is -2.00. The summed E-state index contributed by atoms with van der Waals surface area (Å²) in [5.74, 6) is -0.504. The summed E-state index contributed by atoms with van der Waals surface area (Å²) in [5.41, 5.74) is 5.04. The fourth-order valence-electron chi connectivity index (χ4n) is 6.42. The first-order valence-electron chi connectivity index (χ1n) is 12.5. The molecule has 4 amide bonds. The minimum Gasteiger partial charge on any atom is -0.481 e. The number of carboxylic acid groups (broad SMARTS) is 1. The van der Waals surface area contributed by atoms with Crippen molar-refractivity contribution in [1.82, 2.24) is 16.0 Å². The van der Waals surface area contributed by atoms with Crippen molar-refractivity contribution in [3.8, 4) is 0 Å². The SMILES string of the molecule is C[C@H](NC(=O)CCCCNC(=O)C12CC3CC(CC(C3)C1)C2)C(=O)N[C@H](CCC(=O)O)C(N)=O. The molecule has 4 aliphatic rings. The number of nitrogens with one attached hydrogen (secondary N) is 3. The fraction of sp³-hybridized carbons (Fsp3) is 0.792. The van der Waals surface area contributed by atoms with Crippen LogP contribution in [0.5, 0.6) is 0 Å². The van der Waals surface area contributed by atoms with Gasteiger partial charge < -0.3 is 26.8 Å². The molecular weight excluding hydrogens is 440 g/mol. The molecule has 34 heavy (non-hydrogen) atoms. The van der Waals surface area contributed by atoms with Crippen LogP contribution in [0.15, 0.2) is 0 Å². The van der Waals surface area contributed by atoms with Crippen LogP contribution < -0.4 is 21.7 Å². The largest absolute Gasteiger partial charge is 0.481 e. The Hall–Kier alpha value is -2.65. The highest BCUT2D eigenvalue weighted by Crippen LogP contribution is 2.60. The van der Waals surface area contributed by atoms with Gasteiger partial charge in [-0.3, -0.25) is 24.0 Å². The van der Waals surface area contributed by atoms with E-state index in [2.05, 4.69) is 16.0 Å². The smallest absolute Gasteiger partial charge is 0.303 e. The molecule has 4 aliphatic carbocycles. The quantitative estimate of drug-likeness (QED) is 0.246. The van der Waals surface area contributed by atoms with Crippen molar-refractivity contribution in [3.05, 3.63) is 0 Å². The number of hydrogen-bond donors (Lipinski definition) is 5. The summed E-state index contributed by atoms with van der Waals surface area (Å²) in [6.07, 6.45) is 8.00. The average molecular weight is 479 g/mol. The third-order valence-electron chi connectivity index (χ3n) is 7.71. The monoisotopic (exact) mass is 478 g/mol. The highest BCUT2D eigenvalue weighted by Gasteiger charge is 2.54. The highest BCUT2D eigenvalue weighted by molar-refractivity contribution is 5.91. The van der Waals surface area contributed by atoms with E-state index in [-0.39, 0.29) is 36.5 Å². The summed E-state index contributed by atoms with van der Waals surface area (Å²) in [6.45, 7) is 2.02. The van der Waals surface area contributed by atoms with Gasteiger partial charge in [0.05, 0.1) is 0 Å². The van der Waals surface area contributed by atoms with Gasteiger partial charge in [-0.1, -0.05) is 0 Å². The van der Waals surface area contributed by atoms with Gasteiger partial charge in [0.1, 0.15) is 12.1 Å². The fourth-order valence-corrected chi connectivity index (χ4v) is 6.42. The topological polar surface area (TPSA) is 168 Å². The maximum absolute atomic E-state index is 12.9. The van der Waals surface area contributed by atoms with Crippen molar-refractivity contribution in [2.24, 2.45) is 28.9 Å². The number of aliphatic carboxylic acids is 1. The van der Waals surface area contributed by atoms with Crippen LogP contribution in [-0.2, 0) is 24.0 Å². The molecular formula is C24H38N4O6. The molecule has 0 unspecified atom stereocenters. The van der Waals surface area contributed by atoms with Gasteiger partial charge in [0.25, 0.3) is 0 Å². The predicted molar refractivity (Wildman–Crippen MR) is 123 cm³/mol. The van der Waals surface area contributed by atoms with Gasteiger partial charge in [0, 0.05) is 24.8 Å². The molecule has 0 aliphatic heterocycles. The molecule has 4 saturated carbocycles. The van der Waals surface area contributed by atoms with Gasteiger partial charge in [0.2, 0.25) is 23.6 Å². The molecule has 4 rings (SSSR count). The average Bonchev–Trinajstić information content (AvgIpc) is 2.74. The molecule has 0 saturated heterocycles. The van der Waals surface area contributed by atoms with Gasteiger partial charge in [0.15, 0.2) is 0 Å². The van der Waals surface area contributed by atoms with Gasteiger partial charge in [-0.15, -0.1) is 0 Å². The van der Waals surface area contributed by atoms with Gasteiger partial charge in [-0.2, -0.15) is 0 Å². The third-order valence-corrected chi connectivity index (χ3v) is 7.71. The number of nitrogens with two attached hydrogens (primary N) is 1. The Morgan fingerprint density at radius 2 is 1.53 bits per heavy atom. The van der Waals surface area contributed by atoms with Crippen molar-refractivity contribution in [2.45, 2.75) is 89.6 Å². The van der Waals surface area contributed by atoms with Crippen LogP contribution >= 0.6 is 0 Å². The summed E-state index contributed by atoms with van der Waals surface area (Å²) < 4.78 is 0. The number of carbonyl (C=O) groups is 5. The molecule has 10 heteroatoms. The van der Waals surface area contributed by atoms with Crippen molar-refractivity contribution >= 4 is 29.6 Å². The van der Waals surface area contributed by atoms with Gasteiger partial charge >= 0.3 is 5.97 Å². The lowest BCUT2D eigenvalue weighted by molar-refractivity contribution is -0.146. The molecule has 0 radical (unpaired) electrons. The first-order valence-corrected chi connectivity index (χ1v) is 12.5. The second kappa shape index (κ2) is 11.2. The van der Waals surface area contributed by atoms with Crippen LogP contribution in [0.2, 0.25) is 0 Å². The number of rotatable bonds is 13. The van der Waals surface area contributed by atoms with Crippen molar-refractivity contribution in [2.75, 3.05) is 6.54 Å². The van der Waals surface area contributed by atoms with Gasteiger partial charge in [-0.05, 0) is 82.5 Å². The van der Waals surface area contributed by atoms with Crippen LogP contribution in [0.3, 0.4) is 0 Å². The second-order valence-corrected chi connectivity index (χ2v) is 10.6. The number of carbonyl (C=O) groups excluding carboxylic acids is 4. The number of carboxylic acids is 1. The Morgan fingerprint density at radius 3 is 2.06 bits per heavy atom. The summed E-state index contributed by atoms with van der Waals surface area (Å²) in [5, 5.41) is 16.8. The van der Waals surface area contributed by atoms with E-state index in [9.17, 15) is 24.0 Å². The highest BCUT2D eigenvalue weighted by atomic mass is 16.4. The van der Waals surface area contributed by atoms with Crippen molar-refractivity contribution < 1.29 is 29.1 Å². The maximum Gasteiger partial charge on any atom is 0.303 e. The van der Waals surface area contributed by atoms with Crippen LogP contribution in [0, 0.1) is 23.2 Å². The number of primary amides is 1. The third kappa shape index (κ3) is 6.70. The molecule has 0 spiro atoms. The minimum atomic E-state index is -1.11. The molecule has 6 N–H and O–H groups in total. The Balaban J connectivity index is 1.31. The molecule has 4 bridgehead atoms. The van der Waals surface area contributed by atoms with E-state index < -0.39 is 29.9 Å². The molecule has 4 fully saturated rings. The van der Waals surface area contributed by atoms with Crippen LogP contribution in [-0.4, -0.2) is 53.3 Å². The molecule has 2 atom stereocenters. The van der Waals surface area contributed by atoms with Crippen LogP contribution in [0.25, 0.3) is 0 Å². The lowest BCUT2D eigenvalue weighted by atomic mass is 9.49. The first kappa shape index (κ1) is 26.0. The van der Waals surface area contributed by atoms with Crippen LogP contribution in [0.1, 0.15) is 77.6 Å². The Labute approximate surface area is 200 Å². The van der Waals surface area contributed by atoms with E-state index in [1.54, 1.807) is 0 Å². The van der Waals surface area contributed by atoms with E-state index >= 15 is 0 Å². The Morgan fingerprint density at radius 1 is 0.941 bits per heavy atom. The Kier molecular flexibility index (Phi) is 8.54. The maximum atomic E-state index is 12.9. The lowest BCUT2D eigenvalue weighted by Crippen LogP contribution is -2.53. The van der Waals surface area contributed by atoms with E-state index in [4.69, 9.17) is 10.8 Å². The molecule has 0 aromatic heterocycles. The molecule has 0 heterocycles. The van der Waals surface area contributed by atoms with E-state index in [0.29, 0.717) is 19.4 Å². The molecule has 10 nitrogen and oxygen atoms in total. The first-order chi connectivity index (χ1) is 16.1. The van der Waals surface area contributed by atoms with E-state index in [1.165, 1.54) is 26.2 Å². The minimum absolute atomic E-state index is 0.119. The van der Waals surface area contributed by atoms with Crippen molar-refractivity contribution in [3.63, 3.8) is 0 Å². The Bertz CT molecular complexity index is 778. The zero-order valence-electron chi connectivity index (χ0n) is 19.9. The van der Waals surface area contributed by atoms with E-state index in [0.717, 1.165) is 37.0 Å². The number of hydrogen-bond acceptors (Lipinski definition) is 5. The number of amides is 4. The molecule has 0 aromatic rings. The number of unbranched alkanes of at least 4 members (excludes halogenated alkanes) is 1. The molecule has 190 valence electrons. The predicted octanol–water partition coefficient (Wildman–Crippen LogP) is 0.829. The van der Waals surface area contributed by atoms with Crippen molar-refractivity contribution in [1.29, 1.82) is 0 Å².